The first-order valence-electron chi connectivity index (χ1n) is 8.79. The Labute approximate surface area is 151 Å². The van der Waals surface area contributed by atoms with E-state index in [2.05, 4.69) is 39.2 Å². The van der Waals surface area contributed by atoms with Gasteiger partial charge in [0.15, 0.2) is 0 Å². The summed E-state index contributed by atoms with van der Waals surface area (Å²) in [7, 11) is 0. The van der Waals surface area contributed by atoms with E-state index in [1.807, 2.05) is 0 Å². The fraction of sp³-hybridized carbons (Fsp3) is 0.722. The van der Waals surface area contributed by atoms with E-state index in [0.29, 0.717) is 5.91 Å². The summed E-state index contributed by atoms with van der Waals surface area (Å²) in [5.74, 6) is 1.24. The van der Waals surface area contributed by atoms with Crippen LogP contribution in [-0.4, -0.2) is 23.2 Å². The first-order chi connectivity index (χ1) is 11.0. The Morgan fingerprint density at radius 3 is 2.39 bits per heavy atom. The molecule has 0 aromatic carbocycles. The molecule has 3 rings (SSSR count). The van der Waals surface area contributed by atoms with E-state index in [1.54, 1.807) is 11.3 Å². The number of anilines is 1. The lowest BCUT2D eigenvalue weighted by atomic mass is 9.81. The molecule has 3 nitrogen and oxygen atoms in total. The molecule has 1 aromatic rings. The molecule has 1 heterocycles. The van der Waals surface area contributed by atoms with Crippen molar-refractivity contribution >= 4 is 38.9 Å². The third-order valence-corrected chi connectivity index (χ3v) is 6.96. The molecule has 0 unspecified atom stereocenters. The van der Waals surface area contributed by atoms with Gasteiger partial charge in [0.25, 0.3) is 0 Å². The van der Waals surface area contributed by atoms with Crippen molar-refractivity contribution in [2.75, 3.05) is 4.90 Å². The van der Waals surface area contributed by atoms with E-state index < -0.39 is 0 Å². The van der Waals surface area contributed by atoms with E-state index >= 15 is 0 Å². The summed E-state index contributed by atoms with van der Waals surface area (Å²) >= 11 is 5.16. The van der Waals surface area contributed by atoms with Crippen molar-refractivity contribution in [2.45, 2.75) is 70.4 Å². The van der Waals surface area contributed by atoms with Gasteiger partial charge in [-0.2, -0.15) is 0 Å². The third-order valence-electron chi connectivity index (χ3n) is 5.47. The van der Waals surface area contributed by atoms with Crippen molar-refractivity contribution < 1.29 is 9.90 Å². The van der Waals surface area contributed by atoms with Crippen LogP contribution in [0.25, 0.3) is 0 Å². The van der Waals surface area contributed by atoms with Gasteiger partial charge in [0.2, 0.25) is 5.91 Å². The Morgan fingerprint density at radius 1 is 1.17 bits per heavy atom. The monoisotopic (exact) mass is 399 g/mol. The van der Waals surface area contributed by atoms with Crippen LogP contribution in [0, 0.1) is 11.8 Å². The van der Waals surface area contributed by atoms with Gasteiger partial charge in [-0.15, -0.1) is 11.3 Å². The minimum Gasteiger partial charge on any atom is -0.393 e. The Balaban J connectivity index is 1.78. The number of aliphatic hydroxyl groups is 1. The molecule has 23 heavy (non-hydrogen) atoms. The first kappa shape index (κ1) is 17.4. The summed E-state index contributed by atoms with van der Waals surface area (Å²) < 4.78 is 1.07. The number of hydrogen-bond acceptors (Lipinski definition) is 3. The topological polar surface area (TPSA) is 40.5 Å². The molecule has 1 N–H and O–H groups in total. The van der Waals surface area contributed by atoms with Gasteiger partial charge in [0.05, 0.1) is 15.6 Å². The second kappa shape index (κ2) is 7.66. The molecule has 1 amide bonds. The first-order valence-corrected chi connectivity index (χ1v) is 10.5. The molecule has 0 bridgehead atoms. The van der Waals surface area contributed by atoms with Crippen LogP contribution in [0.15, 0.2) is 15.2 Å². The highest BCUT2D eigenvalue weighted by Crippen LogP contribution is 2.37. The van der Waals surface area contributed by atoms with Crippen molar-refractivity contribution in [1.29, 1.82) is 0 Å². The van der Waals surface area contributed by atoms with Gasteiger partial charge in [0, 0.05) is 17.3 Å². The summed E-state index contributed by atoms with van der Waals surface area (Å²) in [4.78, 5) is 15.3. The summed E-state index contributed by atoms with van der Waals surface area (Å²) in [6.07, 6.45) is 7.62. The molecule has 0 atom stereocenters. The molecule has 2 aliphatic rings. The van der Waals surface area contributed by atoms with Gasteiger partial charge in [-0.25, -0.2) is 0 Å². The predicted molar refractivity (Wildman–Crippen MR) is 98.9 cm³/mol. The molecule has 5 heteroatoms. The quantitative estimate of drug-likeness (QED) is 0.778. The zero-order chi connectivity index (χ0) is 16.4. The lowest BCUT2D eigenvalue weighted by Gasteiger charge is -2.38. The lowest BCUT2D eigenvalue weighted by Crippen LogP contribution is -2.46. The van der Waals surface area contributed by atoms with E-state index in [0.717, 1.165) is 53.9 Å². The summed E-state index contributed by atoms with van der Waals surface area (Å²) in [5, 5.41) is 11.9. The highest BCUT2D eigenvalue weighted by molar-refractivity contribution is 9.11. The number of hydrogen-bond donors (Lipinski definition) is 1. The molecule has 0 aliphatic heterocycles. The minimum atomic E-state index is -0.187. The maximum atomic E-state index is 13.2. The highest BCUT2D eigenvalue weighted by atomic mass is 79.9. The number of nitrogens with zero attached hydrogens (tertiary/aromatic N) is 1. The average Bonchev–Trinajstić information content (AvgIpc) is 2.96. The van der Waals surface area contributed by atoms with E-state index in [-0.39, 0.29) is 18.1 Å². The van der Waals surface area contributed by atoms with Gasteiger partial charge < -0.3 is 10.0 Å². The molecule has 0 radical (unpaired) electrons. The molecule has 0 saturated heterocycles. The third kappa shape index (κ3) is 4.18. The SMILES string of the molecule is CC1CCC(C(=O)N(c2csc(Br)c2)C2CCC(O)CC2)CC1. The maximum Gasteiger partial charge on any atom is 0.230 e. The van der Waals surface area contributed by atoms with Crippen LogP contribution in [0.5, 0.6) is 0 Å². The minimum absolute atomic E-state index is 0.178. The largest absolute Gasteiger partial charge is 0.393 e. The summed E-state index contributed by atoms with van der Waals surface area (Å²) in [6.45, 7) is 2.29. The molecular formula is C18H26BrNO2S. The van der Waals surface area contributed by atoms with Gasteiger partial charge in [-0.3, -0.25) is 4.79 Å². The molecule has 0 spiro atoms. The zero-order valence-electron chi connectivity index (χ0n) is 13.7. The van der Waals surface area contributed by atoms with Crippen LogP contribution in [0.2, 0.25) is 0 Å². The molecule has 2 saturated carbocycles. The molecular weight excluding hydrogens is 374 g/mol. The van der Waals surface area contributed by atoms with Crippen LogP contribution < -0.4 is 4.90 Å². The van der Waals surface area contributed by atoms with Crippen LogP contribution in [0.4, 0.5) is 5.69 Å². The van der Waals surface area contributed by atoms with Gasteiger partial charge >= 0.3 is 0 Å². The lowest BCUT2D eigenvalue weighted by molar-refractivity contribution is -0.124. The Bertz CT molecular complexity index is 531. The van der Waals surface area contributed by atoms with Crippen molar-refractivity contribution in [3.8, 4) is 0 Å². The van der Waals surface area contributed by atoms with Crippen molar-refractivity contribution in [2.24, 2.45) is 11.8 Å². The van der Waals surface area contributed by atoms with Gasteiger partial charge in [-0.1, -0.05) is 6.92 Å². The summed E-state index contributed by atoms with van der Waals surface area (Å²) in [5.41, 5.74) is 1.03. The van der Waals surface area contributed by atoms with Crippen LogP contribution in [0.1, 0.15) is 58.3 Å². The number of amides is 1. The standard InChI is InChI=1S/C18H26BrNO2S/c1-12-2-4-13(5-3-12)18(22)20(15-10-17(19)23-11-15)14-6-8-16(21)9-7-14/h10-14,16,21H,2-9H2,1H3. The second-order valence-corrected chi connectivity index (χ2v) is 9.53. The number of halogens is 1. The van der Waals surface area contributed by atoms with E-state index in [9.17, 15) is 9.90 Å². The molecule has 2 aliphatic carbocycles. The highest BCUT2D eigenvalue weighted by Gasteiger charge is 2.34. The molecule has 1 aromatic heterocycles. The Hall–Kier alpha value is -0.390. The smallest absolute Gasteiger partial charge is 0.230 e. The average molecular weight is 400 g/mol. The fourth-order valence-electron chi connectivity index (χ4n) is 3.97. The van der Waals surface area contributed by atoms with Crippen molar-refractivity contribution in [3.05, 3.63) is 15.2 Å². The Kier molecular flexibility index (Phi) is 5.81. The Morgan fingerprint density at radius 2 is 1.83 bits per heavy atom. The van der Waals surface area contributed by atoms with Crippen molar-refractivity contribution in [3.63, 3.8) is 0 Å². The molecule has 2 fully saturated rings. The van der Waals surface area contributed by atoms with Crippen LogP contribution in [0.3, 0.4) is 0 Å². The zero-order valence-corrected chi connectivity index (χ0v) is 16.1. The number of thiophene rings is 1. The van der Waals surface area contributed by atoms with Crippen LogP contribution in [-0.2, 0) is 4.79 Å². The van der Waals surface area contributed by atoms with E-state index in [4.69, 9.17) is 0 Å². The molecule has 128 valence electrons. The van der Waals surface area contributed by atoms with Gasteiger partial charge in [0.1, 0.15) is 0 Å². The normalized spacial score (nSPS) is 31.8. The maximum absolute atomic E-state index is 13.2. The number of carbonyl (C=O) groups is 1. The number of aliphatic hydroxyl groups excluding tert-OH is 1. The van der Waals surface area contributed by atoms with E-state index in [1.165, 1.54) is 12.8 Å². The van der Waals surface area contributed by atoms with Crippen molar-refractivity contribution in [1.82, 2.24) is 0 Å². The number of rotatable bonds is 3. The summed E-state index contributed by atoms with van der Waals surface area (Å²) in [6, 6.07) is 2.31. The number of carbonyl (C=O) groups excluding carboxylic acids is 1. The predicted octanol–water partition coefficient (Wildman–Crippen LogP) is 4.97. The van der Waals surface area contributed by atoms with Crippen LogP contribution >= 0.6 is 27.3 Å². The fourth-order valence-corrected chi connectivity index (χ4v) is 5.08. The van der Waals surface area contributed by atoms with Gasteiger partial charge in [-0.05, 0) is 79.3 Å². The second-order valence-electron chi connectivity index (χ2n) is 7.24.